The first-order chi connectivity index (χ1) is 13.5. The van der Waals surface area contributed by atoms with Crippen LogP contribution in [0.15, 0.2) is 48.8 Å². The van der Waals surface area contributed by atoms with Crippen molar-refractivity contribution in [3.05, 3.63) is 70.0 Å². The molecule has 1 unspecified atom stereocenters. The van der Waals surface area contributed by atoms with Gasteiger partial charge in [-0.05, 0) is 31.0 Å². The Morgan fingerprint density at radius 2 is 2.04 bits per heavy atom. The molecule has 0 fully saturated rings. The Morgan fingerprint density at radius 3 is 2.75 bits per heavy atom. The highest BCUT2D eigenvalue weighted by Gasteiger charge is 2.18. The van der Waals surface area contributed by atoms with Gasteiger partial charge in [-0.3, -0.25) is 14.9 Å². The monoisotopic (exact) mass is 380 g/mol. The fraction of sp³-hybridized carbons (Fsp3) is 0.250. The minimum absolute atomic E-state index is 0.0214. The Balaban J connectivity index is 2.02. The molecule has 0 aliphatic heterocycles. The summed E-state index contributed by atoms with van der Waals surface area (Å²) in [7, 11) is 1.60. The molecule has 0 aliphatic rings. The summed E-state index contributed by atoms with van der Waals surface area (Å²) in [5.41, 5.74) is 1.86. The van der Waals surface area contributed by atoms with Gasteiger partial charge < -0.3 is 10.1 Å². The number of carbonyl (C=O) groups excluding carboxylic acids is 1. The Morgan fingerprint density at radius 1 is 1.25 bits per heavy atom. The summed E-state index contributed by atoms with van der Waals surface area (Å²) in [6, 6.07) is 11.6. The number of anilines is 1. The fourth-order valence-electron chi connectivity index (χ4n) is 3.06. The molecule has 0 amide bonds. The summed E-state index contributed by atoms with van der Waals surface area (Å²) in [5, 5.41) is 15.2. The maximum atomic E-state index is 11.9. The zero-order valence-corrected chi connectivity index (χ0v) is 15.6. The Labute approximate surface area is 161 Å². The highest BCUT2D eigenvalue weighted by Crippen LogP contribution is 2.29. The number of ketones is 1. The molecule has 1 aromatic heterocycles. The number of hydrogen-bond donors (Lipinski definition) is 1. The highest BCUT2D eigenvalue weighted by molar-refractivity contribution is 6.07. The molecule has 28 heavy (non-hydrogen) atoms. The number of methoxy groups -OCH3 is 1. The van der Waals surface area contributed by atoms with E-state index in [0.29, 0.717) is 35.3 Å². The van der Waals surface area contributed by atoms with E-state index in [1.165, 1.54) is 25.4 Å². The molecule has 144 valence electrons. The molecule has 1 heterocycles. The van der Waals surface area contributed by atoms with Crippen LogP contribution in [0.2, 0.25) is 0 Å². The third kappa shape index (κ3) is 4.12. The van der Waals surface area contributed by atoms with Crippen molar-refractivity contribution < 1.29 is 14.5 Å². The number of benzene rings is 2. The van der Waals surface area contributed by atoms with E-state index in [1.54, 1.807) is 25.3 Å². The smallest absolute Gasteiger partial charge is 0.269 e. The van der Waals surface area contributed by atoms with E-state index in [4.69, 9.17) is 4.74 Å². The molecule has 0 radical (unpaired) electrons. The van der Waals surface area contributed by atoms with E-state index >= 15 is 0 Å². The number of hydrogen-bond acceptors (Lipinski definition) is 7. The van der Waals surface area contributed by atoms with Gasteiger partial charge in [-0.15, -0.1) is 0 Å². The van der Waals surface area contributed by atoms with Gasteiger partial charge in [-0.25, -0.2) is 9.97 Å². The molecule has 0 aliphatic carbocycles. The third-order valence-corrected chi connectivity index (χ3v) is 4.45. The second kappa shape index (κ2) is 8.53. The van der Waals surface area contributed by atoms with Crippen LogP contribution < -0.4 is 5.32 Å². The van der Waals surface area contributed by atoms with Gasteiger partial charge in [-0.1, -0.05) is 18.2 Å². The van der Waals surface area contributed by atoms with Gasteiger partial charge >= 0.3 is 0 Å². The number of ether oxygens (including phenoxy) is 1. The molecule has 0 spiro atoms. The topological polar surface area (TPSA) is 107 Å². The summed E-state index contributed by atoms with van der Waals surface area (Å²) < 4.78 is 5.20. The number of fused-ring (bicyclic) bond motifs is 1. The Kier molecular flexibility index (Phi) is 5.90. The van der Waals surface area contributed by atoms with Crippen molar-refractivity contribution in [1.29, 1.82) is 0 Å². The minimum Gasteiger partial charge on any atom is -0.385 e. The SMILES string of the molecule is COCCC(Nc1ncnc2c(C(C)=O)cccc12)c1cccc([N+](=O)[O-])c1. The number of rotatable bonds is 8. The standard InChI is InChI=1S/C20H20N4O4/c1-13(25)16-7-4-8-17-19(16)21-12-22-20(17)23-18(9-10-28-2)14-5-3-6-15(11-14)24(26)27/h3-8,11-12,18H,9-10H2,1-2H3,(H,21,22,23). The van der Waals surface area contributed by atoms with Crippen LogP contribution in [0.1, 0.15) is 35.3 Å². The predicted molar refractivity (Wildman–Crippen MR) is 105 cm³/mol. The van der Waals surface area contributed by atoms with Crippen molar-refractivity contribution in [2.24, 2.45) is 0 Å². The lowest BCUT2D eigenvalue weighted by atomic mass is 10.0. The van der Waals surface area contributed by atoms with Crippen LogP contribution in [0.4, 0.5) is 11.5 Å². The molecule has 0 saturated heterocycles. The summed E-state index contributed by atoms with van der Waals surface area (Å²) >= 11 is 0. The van der Waals surface area contributed by atoms with Gasteiger partial charge in [0.2, 0.25) is 0 Å². The quantitative estimate of drug-likeness (QED) is 0.358. The Hall–Kier alpha value is -3.39. The number of nitro groups is 1. The molecule has 1 N–H and O–H groups in total. The van der Waals surface area contributed by atoms with E-state index < -0.39 is 4.92 Å². The fourth-order valence-corrected chi connectivity index (χ4v) is 3.06. The molecule has 2 aromatic carbocycles. The zero-order chi connectivity index (χ0) is 20.1. The second-order valence-corrected chi connectivity index (χ2v) is 6.31. The number of non-ortho nitro benzene ring substituents is 1. The predicted octanol–water partition coefficient (Wildman–Crippen LogP) is 3.93. The molecule has 8 nitrogen and oxygen atoms in total. The van der Waals surface area contributed by atoms with Gasteiger partial charge in [0.25, 0.3) is 5.69 Å². The maximum absolute atomic E-state index is 11.9. The first-order valence-electron chi connectivity index (χ1n) is 8.75. The number of nitrogens with one attached hydrogen (secondary N) is 1. The first kappa shape index (κ1) is 19.4. The summed E-state index contributed by atoms with van der Waals surface area (Å²) in [5.74, 6) is 0.477. The van der Waals surface area contributed by atoms with Gasteiger partial charge in [0.05, 0.1) is 16.5 Å². The number of aromatic nitrogens is 2. The number of nitro benzene ring substituents is 1. The van der Waals surface area contributed by atoms with E-state index in [2.05, 4.69) is 15.3 Å². The number of para-hydroxylation sites is 1. The Bertz CT molecular complexity index is 1020. The van der Waals surface area contributed by atoms with Crippen LogP contribution in [0, 0.1) is 10.1 Å². The van der Waals surface area contributed by atoms with Gasteiger partial charge in [0, 0.05) is 36.8 Å². The average Bonchev–Trinajstić information content (AvgIpc) is 2.70. The van der Waals surface area contributed by atoms with Crippen molar-refractivity contribution in [2.45, 2.75) is 19.4 Å². The molecular formula is C20H20N4O4. The summed E-state index contributed by atoms with van der Waals surface area (Å²) in [4.78, 5) is 31.2. The molecule has 0 bridgehead atoms. The number of carbonyl (C=O) groups is 1. The molecular weight excluding hydrogens is 360 g/mol. The molecule has 8 heteroatoms. The van der Waals surface area contributed by atoms with Crippen molar-refractivity contribution in [1.82, 2.24) is 9.97 Å². The van der Waals surface area contributed by atoms with E-state index in [1.807, 2.05) is 12.1 Å². The lowest BCUT2D eigenvalue weighted by Gasteiger charge is -2.20. The third-order valence-electron chi connectivity index (χ3n) is 4.45. The second-order valence-electron chi connectivity index (χ2n) is 6.31. The van der Waals surface area contributed by atoms with E-state index in [0.717, 1.165) is 5.56 Å². The minimum atomic E-state index is -0.421. The van der Waals surface area contributed by atoms with Crippen molar-refractivity contribution >= 4 is 28.2 Å². The summed E-state index contributed by atoms with van der Waals surface area (Å²) in [6.45, 7) is 1.95. The van der Waals surface area contributed by atoms with Gasteiger partial charge in [0.15, 0.2) is 5.78 Å². The highest BCUT2D eigenvalue weighted by atomic mass is 16.6. The van der Waals surface area contributed by atoms with Crippen LogP contribution in [0.25, 0.3) is 10.9 Å². The first-order valence-corrected chi connectivity index (χ1v) is 8.75. The van der Waals surface area contributed by atoms with Gasteiger partial charge in [0.1, 0.15) is 12.1 Å². The number of Topliss-reactive ketones (excluding diaryl/α,β-unsaturated/α-hetero) is 1. The molecule has 3 aromatic rings. The number of nitrogens with zero attached hydrogens (tertiary/aromatic N) is 3. The summed E-state index contributed by atoms with van der Waals surface area (Å²) in [6.07, 6.45) is 1.98. The van der Waals surface area contributed by atoms with Crippen molar-refractivity contribution in [3.63, 3.8) is 0 Å². The average molecular weight is 380 g/mol. The molecule has 1 atom stereocenters. The van der Waals surface area contributed by atoms with Crippen molar-refractivity contribution in [3.8, 4) is 0 Å². The van der Waals surface area contributed by atoms with Crippen LogP contribution in [0.3, 0.4) is 0 Å². The molecule has 0 saturated carbocycles. The van der Waals surface area contributed by atoms with Gasteiger partial charge in [-0.2, -0.15) is 0 Å². The lowest BCUT2D eigenvalue weighted by molar-refractivity contribution is -0.384. The largest absolute Gasteiger partial charge is 0.385 e. The van der Waals surface area contributed by atoms with E-state index in [-0.39, 0.29) is 17.5 Å². The maximum Gasteiger partial charge on any atom is 0.269 e. The van der Waals surface area contributed by atoms with Crippen LogP contribution in [-0.4, -0.2) is 34.4 Å². The van der Waals surface area contributed by atoms with Crippen molar-refractivity contribution in [2.75, 3.05) is 19.0 Å². The zero-order valence-electron chi connectivity index (χ0n) is 15.6. The van der Waals surface area contributed by atoms with Crippen LogP contribution in [-0.2, 0) is 4.74 Å². The van der Waals surface area contributed by atoms with Crippen LogP contribution in [0.5, 0.6) is 0 Å². The normalized spacial score (nSPS) is 11.9. The molecule has 3 rings (SSSR count). The van der Waals surface area contributed by atoms with E-state index in [9.17, 15) is 14.9 Å². The lowest BCUT2D eigenvalue weighted by Crippen LogP contribution is -2.15. The van der Waals surface area contributed by atoms with Crippen LogP contribution >= 0.6 is 0 Å².